The number of piperidine rings is 1. The molecule has 3 aromatic rings. The predicted octanol–water partition coefficient (Wildman–Crippen LogP) is 3.40. The maximum absolute atomic E-state index is 12.7. The number of aliphatic hydroxyl groups is 1. The Hall–Kier alpha value is -4.02. The van der Waals surface area contributed by atoms with Gasteiger partial charge in [-0.3, -0.25) is 19.0 Å². The van der Waals surface area contributed by atoms with Crippen LogP contribution in [0.1, 0.15) is 54.4 Å². The lowest BCUT2D eigenvalue weighted by molar-refractivity contribution is -0.170. The van der Waals surface area contributed by atoms with Gasteiger partial charge in [-0.25, -0.2) is 4.79 Å². The van der Waals surface area contributed by atoms with Crippen molar-refractivity contribution < 1.29 is 39.6 Å². The number of carboxylic acids is 3. The Morgan fingerprint density at radius 1 is 0.825 bits per heavy atom. The van der Waals surface area contributed by atoms with Gasteiger partial charge < -0.3 is 25.3 Å². The number of carbonyl (C=O) groups excluding carboxylic acids is 1. The molecule has 10 heteroatoms. The summed E-state index contributed by atoms with van der Waals surface area (Å²) >= 11 is 0. The molecule has 212 valence electrons. The number of fused-ring (bicyclic) bond motifs is 3. The van der Waals surface area contributed by atoms with Gasteiger partial charge in [-0.2, -0.15) is 0 Å². The third kappa shape index (κ3) is 6.40. The van der Waals surface area contributed by atoms with Crippen molar-refractivity contribution in [1.82, 2.24) is 9.47 Å². The lowest BCUT2D eigenvalue weighted by Gasteiger charge is -2.40. The zero-order valence-corrected chi connectivity index (χ0v) is 22.2. The minimum absolute atomic E-state index is 0.197. The van der Waals surface area contributed by atoms with E-state index in [1.807, 2.05) is 35.0 Å². The Morgan fingerprint density at radius 2 is 1.45 bits per heavy atom. The average Bonchev–Trinajstić information content (AvgIpc) is 3.50. The molecule has 1 aliphatic carbocycles. The predicted molar refractivity (Wildman–Crippen MR) is 146 cm³/mol. The van der Waals surface area contributed by atoms with Crippen LogP contribution in [-0.4, -0.2) is 78.9 Å². The molecule has 1 aromatic heterocycles. The number of hydrogen-bond donors (Lipinski definition) is 4. The van der Waals surface area contributed by atoms with E-state index in [4.69, 9.17) is 20.4 Å². The molecular weight excluding hydrogens is 516 g/mol. The fourth-order valence-electron chi connectivity index (χ4n) is 5.88. The first kappa shape index (κ1) is 29.0. The molecule has 0 bridgehead atoms. The van der Waals surface area contributed by atoms with Crippen molar-refractivity contribution in [3.63, 3.8) is 0 Å². The Labute approximate surface area is 231 Å². The molecule has 0 radical (unpaired) electrons. The maximum Gasteiger partial charge on any atom is 0.336 e. The third-order valence-corrected chi connectivity index (χ3v) is 8.07. The molecule has 2 aliphatic rings. The second-order valence-electron chi connectivity index (χ2n) is 10.6. The van der Waals surface area contributed by atoms with Crippen molar-refractivity contribution in [3.05, 3.63) is 71.9 Å². The summed E-state index contributed by atoms with van der Waals surface area (Å²) in [5.74, 6) is -4.82. The molecule has 2 aromatic carbocycles. The number of aryl methyl sites for hydroxylation is 1. The van der Waals surface area contributed by atoms with Gasteiger partial charge in [-0.15, -0.1) is 0 Å². The Bertz CT molecular complexity index is 1390. The minimum atomic E-state index is -2.74. The minimum Gasteiger partial charge on any atom is -0.481 e. The van der Waals surface area contributed by atoms with Crippen LogP contribution in [0.4, 0.5) is 0 Å². The van der Waals surface area contributed by atoms with Crippen LogP contribution in [-0.2, 0) is 26.2 Å². The van der Waals surface area contributed by atoms with E-state index in [1.54, 1.807) is 11.1 Å². The molecule has 0 amide bonds. The Morgan fingerprint density at radius 3 is 2.10 bits per heavy atom. The maximum atomic E-state index is 12.7. The van der Waals surface area contributed by atoms with Gasteiger partial charge in [0, 0.05) is 24.5 Å². The molecular formula is C30H34N2O8. The van der Waals surface area contributed by atoms with Gasteiger partial charge in [0.2, 0.25) is 5.91 Å². The zero-order valence-electron chi connectivity index (χ0n) is 22.2. The molecule has 1 spiro atoms. The highest BCUT2D eigenvalue weighted by atomic mass is 16.4. The van der Waals surface area contributed by atoms with Gasteiger partial charge in [0.25, 0.3) is 0 Å². The quantitative estimate of drug-likeness (QED) is 0.330. The SMILES string of the molecule is O=C(CCN1CCC2(CCc3ccccc32)CC1)n1ccc2ccccc21.O=C(O)CC(O)(CC(=O)O)C(=O)O. The number of aliphatic carboxylic acids is 3. The van der Waals surface area contributed by atoms with Crippen LogP contribution in [0.15, 0.2) is 60.8 Å². The zero-order chi connectivity index (χ0) is 28.9. The highest BCUT2D eigenvalue weighted by Gasteiger charge is 2.41. The van der Waals surface area contributed by atoms with Crippen molar-refractivity contribution in [1.29, 1.82) is 0 Å². The van der Waals surface area contributed by atoms with Crippen LogP contribution >= 0.6 is 0 Å². The number of para-hydroxylation sites is 1. The summed E-state index contributed by atoms with van der Waals surface area (Å²) in [6, 6.07) is 19.1. The second-order valence-corrected chi connectivity index (χ2v) is 10.6. The van der Waals surface area contributed by atoms with E-state index in [0.717, 1.165) is 30.5 Å². The molecule has 10 nitrogen and oxygen atoms in total. The van der Waals surface area contributed by atoms with E-state index in [0.29, 0.717) is 11.8 Å². The van der Waals surface area contributed by atoms with Crippen LogP contribution in [0.25, 0.3) is 10.9 Å². The summed E-state index contributed by atoms with van der Waals surface area (Å²) in [6.45, 7) is 3.07. The summed E-state index contributed by atoms with van der Waals surface area (Å²) in [5, 5.41) is 34.9. The summed E-state index contributed by atoms with van der Waals surface area (Å²) in [5.41, 5.74) is 1.83. The average molecular weight is 551 g/mol. The van der Waals surface area contributed by atoms with E-state index in [-0.39, 0.29) is 5.91 Å². The summed E-state index contributed by atoms with van der Waals surface area (Å²) < 4.78 is 1.81. The lowest BCUT2D eigenvalue weighted by Crippen LogP contribution is -2.42. The molecule has 5 rings (SSSR count). The monoisotopic (exact) mass is 550 g/mol. The van der Waals surface area contributed by atoms with Crippen molar-refractivity contribution in [2.75, 3.05) is 19.6 Å². The Kier molecular flexibility index (Phi) is 8.70. The van der Waals surface area contributed by atoms with Crippen LogP contribution in [0.3, 0.4) is 0 Å². The summed E-state index contributed by atoms with van der Waals surface area (Å²) in [4.78, 5) is 45.7. The van der Waals surface area contributed by atoms with E-state index in [2.05, 4.69) is 35.2 Å². The first-order valence-electron chi connectivity index (χ1n) is 13.3. The number of rotatable bonds is 8. The number of carboxylic acid groups (broad SMARTS) is 3. The van der Waals surface area contributed by atoms with E-state index in [1.165, 1.54) is 25.7 Å². The number of nitrogens with zero attached hydrogens (tertiary/aromatic N) is 2. The topological polar surface area (TPSA) is 157 Å². The van der Waals surface area contributed by atoms with Crippen molar-refractivity contribution in [2.45, 2.75) is 56.0 Å². The van der Waals surface area contributed by atoms with Gasteiger partial charge in [0.05, 0.1) is 18.4 Å². The van der Waals surface area contributed by atoms with Crippen molar-refractivity contribution in [2.24, 2.45) is 0 Å². The van der Waals surface area contributed by atoms with Gasteiger partial charge in [-0.1, -0.05) is 42.5 Å². The fraction of sp³-hybridized carbons (Fsp3) is 0.400. The summed E-state index contributed by atoms with van der Waals surface area (Å²) in [7, 11) is 0. The van der Waals surface area contributed by atoms with Crippen molar-refractivity contribution in [3.8, 4) is 0 Å². The molecule has 1 fully saturated rings. The number of aromatic nitrogens is 1. The molecule has 40 heavy (non-hydrogen) atoms. The summed E-state index contributed by atoms with van der Waals surface area (Å²) in [6.07, 6.45) is 5.19. The van der Waals surface area contributed by atoms with Crippen LogP contribution in [0.2, 0.25) is 0 Å². The molecule has 2 heterocycles. The van der Waals surface area contributed by atoms with Gasteiger partial charge in [0.15, 0.2) is 5.60 Å². The van der Waals surface area contributed by atoms with E-state index >= 15 is 0 Å². The molecule has 0 atom stereocenters. The van der Waals surface area contributed by atoms with Gasteiger partial charge >= 0.3 is 17.9 Å². The molecule has 0 saturated carbocycles. The molecule has 4 N–H and O–H groups in total. The van der Waals surface area contributed by atoms with Crippen LogP contribution < -0.4 is 0 Å². The molecule has 0 unspecified atom stereocenters. The number of benzene rings is 2. The lowest BCUT2D eigenvalue weighted by atomic mass is 9.74. The molecule has 1 saturated heterocycles. The third-order valence-electron chi connectivity index (χ3n) is 8.07. The van der Waals surface area contributed by atoms with Crippen LogP contribution in [0, 0.1) is 0 Å². The molecule has 1 aliphatic heterocycles. The standard InChI is InChI=1S/C24H26N2O.C6H8O7/c27-23(26-16-10-20-6-2-4-8-22(20)26)11-15-25-17-13-24(14-18-25)12-9-19-5-1-3-7-21(19)24;7-3(8)1-6(13,5(11)12)2-4(9)10/h1-8,10,16H,9,11-15,17-18H2;13H,1-2H2,(H,7,8)(H,9,10)(H,11,12). The second kappa shape index (κ2) is 12.0. The van der Waals surface area contributed by atoms with Gasteiger partial charge in [0.1, 0.15) is 0 Å². The largest absolute Gasteiger partial charge is 0.481 e. The Balaban J connectivity index is 0.000000243. The first-order chi connectivity index (χ1) is 19.0. The van der Waals surface area contributed by atoms with Crippen molar-refractivity contribution >= 4 is 34.7 Å². The van der Waals surface area contributed by atoms with Gasteiger partial charge in [-0.05, 0) is 67.4 Å². The highest BCUT2D eigenvalue weighted by Crippen LogP contribution is 2.46. The highest BCUT2D eigenvalue weighted by molar-refractivity contribution is 5.92. The van der Waals surface area contributed by atoms with Crippen LogP contribution in [0.5, 0.6) is 0 Å². The number of hydrogen-bond acceptors (Lipinski definition) is 6. The van der Waals surface area contributed by atoms with E-state index in [9.17, 15) is 19.2 Å². The number of likely N-dealkylation sites (tertiary alicyclic amines) is 1. The smallest absolute Gasteiger partial charge is 0.336 e. The number of carbonyl (C=O) groups is 4. The first-order valence-corrected chi connectivity index (χ1v) is 13.3. The normalized spacial score (nSPS) is 16.2. The fourth-order valence-corrected chi connectivity index (χ4v) is 5.88. The van der Waals surface area contributed by atoms with E-state index < -0.39 is 36.4 Å².